The van der Waals surface area contributed by atoms with E-state index in [2.05, 4.69) is 5.32 Å². The highest BCUT2D eigenvalue weighted by Gasteiger charge is 2.37. The van der Waals surface area contributed by atoms with E-state index in [1.165, 1.54) is 0 Å². The Hall–Kier alpha value is -0.750. The summed E-state index contributed by atoms with van der Waals surface area (Å²) in [5, 5.41) is 11.3. The number of likely N-dealkylation sites (tertiary alicyclic amines) is 1. The quantitative estimate of drug-likeness (QED) is 0.638. The Morgan fingerprint density at radius 3 is 2.86 bits per heavy atom. The summed E-state index contributed by atoms with van der Waals surface area (Å²) in [6.07, 6.45) is 0. The van der Waals surface area contributed by atoms with E-state index in [-0.39, 0.29) is 29.7 Å². The van der Waals surface area contributed by atoms with Crippen molar-refractivity contribution in [1.82, 2.24) is 10.2 Å². The predicted octanol–water partition coefficient (Wildman–Crippen LogP) is -0.738. The molecule has 0 aromatic heterocycles. The molecule has 5 nitrogen and oxygen atoms in total. The van der Waals surface area contributed by atoms with Crippen LogP contribution in [0.4, 0.5) is 4.79 Å². The van der Waals surface area contributed by atoms with Gasteiger partial charge < -0.3 is 15.3 Å². The summed E-state index contributed by atoms with van der Waals surface area (Å²) in [4.78, 5) is 24.2. The first-order chi connectivity index (χ1) is 6.70. The van der Waals surface area contributed by atoms with Gasteiger partial charge in [0.05, 0.1) is 0 Å². The van der Waals surface area contributed by atoms with Crippen LogP contribution in [0.2, 0.25) is 0 Å². The van der Waals surface area contributed by atoms with Crippen LogP contribution in [0.15, 0.2) is 0 Å². The van der Waals surface area contributed by atoms with E-state index >= 15 is 0 Å². The summed E-state index contributed by atoms with van der Waals surface area (Å²) in [5.74, 6) is 0.731. The molecular formula is C8H12N2O3S. The van der Waals surface area contributed by atoms with E-state index in [4.69, 9.17) is 5.11 Å². The predicted molar refractivity (Wildman–Crippen MR) is 51.9 cm³/mol. The second kappa shape index (κ2) is 3.78. The molecule has 2 saturated heterocycles. The second-order valence-corrected chi connectivity index (χ2v) is 4.58. The zero-order valence-corrected chi connectivity index (χ0v) is 8.42. The molecule has 0 bridgehead atoms. The lowest BCUT2D eigenvalue weighted by Crippen LogP contribution is -2.56. The Kier molecular flexibility index (Phi) is 2.64. The Balaban J connectivity index is 1.82. The number of nitrogens with zero attached hydrogens (tertiary/aromatic N) is 1. The molecule has 14 heavy (non-hydrogen) atoms. The number of carbonyl (C=O) groups excluding carboxylic acids is 2. The number of thioether (sulfide) groups is 1. The number of rotatable bonds is 2. The molecule has 78 valence electrons. The molecule has 2 aliphatic heterocycles. The van der Waals surface area contributed by atoms with Crippen LogP contribution in [0.3, 0.4) is 0 Å². The van der Waals surface area contributed by atoms with Crippen LogP contribution in [-0.4, -0.2) is 52.6 Å². The van der Waals surface area contributed by atoms with Crippen LogP contribution in [0.25, 0.3) is 0 Å². The van der Waals surface area contributed by atoms with Crippen molar-refractivity contribution in [3.05, 3.63) is 0 Å². The minimum atomic E-state index is -0.354. The molecule has 2 amide bonds. The van der Waals surface area contributed by atoms with Crippen LogP contribution in [-0.2, 0) is 4.79 Å². The van der Waals surface area contributed by atoms with Crippen LogP contribution in [0, 0.1) is 5.92 Å². The van der Waals surface area contributed by atoms with Gasteiger partial charge in [-0.2, -0.15) is 0 Å². The van der Waals surface area contributed by atoms with Crippen molar-refractivity contribution in [2.24, 2.45) is 5.92 Å². The average Bonchev–Trinajstić information content (AvgIpc) is 2.49. The number of nitrogens with one attached hydrogen (secondary N) is 1. The molecule has 1 atom stereocenters. The maximum Gasteiger partial charge on any atom is 0.279 e. The molecule has 2 rings (SSSR count). The van der Waals surface area contributed by atoms with Crippen molar-refractivity contribution >= 4 is 22.9 Å². The number of hydrogen-bond acceptors (Lipinski definition) is 4. The lowest BCUT2D eigenvalue weighted by atomic mass is 10.0. The molecule has 0 radical (unpaired) electrons. The normalized spacial score (nSPS) is 27.4. The fourth-order valence-electron chi connectivity index (χ4n) is 1.60. The van der Waals surface area contributed by atoms with Gasteiger partial charge in [0.1, 0.15) is 6.04 Å². The van der Waals surface area contributed by atoms with E-state index in [0.717, 1.165) is 11.8 Å². The fourth-order valence-corrected chi connectivity index (χ4v) is 2.37. The molecule has 0 aromatic rings. The molecule has 0 saturated carbocycles. The molecular weight excluding hydrogens is 204 g/mol. The van der Waals surface area contributed by atoms with E-state index in [1.807, 2.05) is 0 Å². The molecule has 2 heterocycles. The third-order valence-electron chi connectivity index (χ3n) is 2.50. The topological polar surface area (TPSA) is 69.6 Å². The van der Waals surface area contributed by atoms with Crippen molar-refractivity contribution in [1.29, 1.82) is 0 Å². The van der Waals surface area contributed by atoms with Gasteiger partial charge in [0.25, 0.3) is 5.24 Å². The van der Waals surface area contributed by atoms with Crippen LogP contribution in [0.1, 0.15) is 0 Å². The molecule has 6 heteroatoms. The van der Waals surface area contributed by atoms with Crippen LogP contribution >= 0.6 is 11.8 Å². The molecule has 2 N–H and O–H groups in total. The van der Waals surface area contributed by atoms with E-state index < -0.39 is 0 Å². The van der Waals surface area contributed by atoms with Gasteiger partial charge in [0, 0.05) is 31.4 Å². The minimum absolute atomic E-state index is 0.0203. The van der Waals surface area contributed by atoms with Crippen molar-refractivity contribution in [2.45, 2.75) is 6.04 Å². The van der Waals surface area contributed by atoms with Crippen molar-refractivity contribution < 1.29 is 14.7 Å². The first kappa shape index (κ1) is 9.79. The van der Waals surface area contributed by atoms with Crippen molar-refractivity contribution in [2.75, 3.05) is 25.4 Å². The van der Waals surface area contributed by atoms with E-state index in [1.54, 1.807) is 4.90 Å². The van der Waals surface area contributed by atoms with Crippen LogP contribution in [0.5, 0.6) is 0 Å². The second-order valence-electron chi connectivity index (χ2n) is 3.59. The first-order valence-corrected chi connectivity index (χ1v) is 5.52. The number of aliphatic hydroxyl groups excluding tert-OH is 1. The lowest BCUT2D eigenvalue weighted by molar-refractivity contribution is -0.139. The molecule has 0 spiro atoms. The van der Waals surface area contributed by atoms with Crippen molar-refractivity contribution in [3.63, 3.8) is 0 Å². The number of amides is 2. The highest BCUT2D eigenvalue weighted by Crippen LogP contribution is 2.20. The highest BCUT2D eigenvalue weighted by atomic mass is 32.2. The van der Waals surface area contributed by atoms with Crippen molar-refractivity contribution in [3.8, 4) is 0 Å². The molecule has 1 unspecified atom stereocenters. The Morgan fingerprint density at radius 1 is 1.64 bits per heavy atom. The maximum absolute atomic E-state index is 11.7. The van der Waals surface area contributed by atoms with Gasteiger partial charge in [-0.05, 0) is 0 Å². The highest BCUT2D eigenvalue weighted by molar-refractivity contribution is 8.14. The Morgan fingerprint density at radius 2 is 2.36 bits per heavy atom. The van der Waals surface area contributed by atoms with Gasteiger partial charge in [-0.1, -0.05) is 11.8 Å². The summed E-state index contributed by atoms with van der Waals surface area (Å²) in [6.45, 7) is 1.37. The monoisotopic (exact) mass is 216 g/mol. The Labute approximate surface area is 85.8 Å². The minimum Gasteiger partial charge on any atom is -0.396 e. The lowest BCUT2D eigenvalue weighted by Gasteiger charge is -2.39. The zero-order valence-electron chi connectivity index (χ0n) is 7.60. The average molecular weight is 216 g/mol. The standard InChI is InChI=1S/C8H12N2O3S/c11-3-5-1-10(2-5)7(12)6-4-14-8(13)9-6/h5-6,11H,1-4H2,(H,9,13). The molecule has 0 aliphatic carbocycles. The van der Waals surface area contributed by atoms with Gasteiger partial charge in [0.15, 0.2) is 0 Å². The van der Waals surface area contributed by atoms with E-state index in [0.29, 0.717) is 18.8 Å². The van der Waals surface area contributed by atoms with Gasteiger partial charge >= 0.3 is 0 Å². The van der Waals surface area contributed by atoms with E-state index in [9.17, 15) is 9.59 Å². The molecule has 0 aromatic carbocycles. The summed E-state index contributed by atoms with van der Waals surface area (Å²) >= 11 is 1.15. The summed E-state index contributed by atoms with van der Waals surface area (Å²) in [7, 11) is 0. The third kappa shape index (κ3) is 1.72. The number of hydrogen-bond donors (Lipinski definition) is 2. The smallest absolute Gasteiger partial charge is 0.279 e. The van der Waals surface area contributed by atoms with Gasteiger partial charge in [0.2, 0.25) is 5.91 Å². The maximum atomic E-state index is 11.7. The summed E-state index contributed by atoms with van der Waals surface area (Å²) in [6, 6.07) is -0.354. The fraction of sp³-hybridized carbons (Fsp3) is 0.750. The van der Waals surface area contributed by atoms with Gasteiger partial charge in [-0.3, -0.25) is 9.59 Å². The van der Waals surface area contributed by atoms with Crippen LogP contribution < -0.4 is 5.32 Å². The van der Waals surface area contributed by atoms with Gasteiger partial charge in [-0.15, -0.1) is 0 Å². The largest absolute Gasteiger partial charge is 0.396 e. The first-order valence-electron chi connectivity index (χ1n) is 4.53. The molecule has 2 fully saturated rings. The number of aliphatic hydroxyl groups is 1. The summed E-state index contributed by atoms with van der Waals surface area (Å²) in [5.41, 5.74) is 0. The molecule has 2 aliphatic rings. The van der Waals surface area contributed by atoms with Gasteiger partial charge in [-0.25, -0.2) is 0 Å². The summed E-state index contributed by atoms with van der Waals surface area (Å²) < 4.78 is 0. The SMILES string of the molecule is O=C1NC(C(=O)N2CC(CO)C2)CS1. The Bertz CT molecular complexity index is 265. The third-order valence-corrected chi connectivity index (χ3v) is 3.38. The number of carbonyl (C=O) groups is 2. The zero-order chi connectivity index (χ0) is 10.1.